The Morgan fingerprint density at radius 2 is 2.00 bits per heavy atom. The van der Waals surface area contributed by atoms with Gasteiger partial charge < -0.3 is 0 Å². The maximum absolute atomic E-state index is 9.72. The van der Waals surface area contributed by atoms with E-state index in [9.17, 15) is 4.79 Å². The molecule has 1 nitrogen and oxygen atoms in total. The molecule has 0 bridgehead atoms. The Kier molecular flexibility index (Phi) is 6.47. The molecule has 0 aromatic carbocycles. The number of aldehydes is 1. The molecule has 0 amide bonds. The van der Waals surface area contributed by atoms with Gasteiger partial charge in [0.05, 0.1) is 0 Å². The van der Waals surface area contributed by atoms with Gasteiger partial charge in [-0.2, -0.15) is 0 Å². The van der Waals surface area contributed by atoms with Crippen molar-refractivity contribution in [3.63, 3.8) is 0 Å². The second-order valence-corrected chi connectivity index (χ2v) is 1.74. The molecule has 0 rings (SSSR count). The zero-order valence-electron chi connectivity index (χ0n) is 5.71. The molecule has 0 spiro atoms. The molecule has 0 radical (unpaired) electrons. The molecular formula is C8H12O. The topological polar surface area (TPSA) is 17.1 Å². The van der Waals surface area contributed by atoms with Crippen molar-refractivity contribution in [2.75, 3.05) is 0 Å². The largest absolute Gasteiger partial charge is 0.299 e. The van der Waals surface area contributed by atoms with Crippen LogP contribution in [-0.4, -0.2) is 6.29 Å². The normalized spacial score (nSPS) is 11.2. The van der Waals surface area contributed by atoms with Gasteiger partial charge in [0.25, 0.3) is 0 Å². The fourth-order valence-corrected chi connectivity index (χ4v) is 0.451. The molecule has 0 atom stereocenters. The minimum Gasteiger partial charge on any atom is -0.299 e. The summed E-state index contributed by atoms with van der Waals surface area (Å²) >= 11 is 0. The van der Waals surface area contributed by atoms with E-state index < -0.39 is 0 Å². The zero-order chi connectivity index (χ0) is 6.95. The average molecular weight is 124 g/mol. The molecule has 0 heterocycles. The molecule has 0 aliphatic heterocycles. The van der Waals surface area contributed by atoms with E-state index in [1.165, 1.54) is 6.08 Å². The number of rotatable bonds is 4. The van der Waals surface area contributed by atoms with Gasteiger partial charge in [-0.05, 0) is 12.5 Å². The SMILES string of the molecule is CCCC=C/C=C\C=O. The van der Waals surface area contributed by atoms with Crippen molar-refractivity contribution >= 4 is 6.29 Å². The second-order valence-electron chi connectivity index (χ2n) is 1.74. The highest BCUT2D eigenvalue weighted by atomic mass is 16.1. The Morgan fingerprint density at radius 1 is 1.22 bits per heavy atom. The van der Waals surface area contributed by atoms with E-state index in [1.54, 1.807) is 6.08 Å². The molecule has 50 valence electrons. The number of carbonyl (C=O) groups excluding carboxylic acids is 1. The molecule has 0 saturated heterocycles. The van der Waals surface area contributed by atoms with Crippen LogP contribution in [0.4, 0.5) is 0 Å². The summed E-state index contributed by atoms with van der Waals surface area (Å²) in [5.41, 5.74) is 0. The highest BCUT2D eigenvalue weighted by molar-refractivity contribution is 5.65. The molecule has 0 N–H and O–H groups in total. The maximum atomic E-state index is 9.72. The first-order valence-corrected chi connectivity index (χ1v) is 3.18. The lowest BCUT2D eigenvalue weighted by Gasteiger charge is -1.78. The first kappa shape index (κ1) is 8.15. The van der Waals surface area contributed by atoms with Crippen LogP contribution in [0.15, 0.2) is 24.3 Å². The van der Waals surface area contributed by atoms with Crippen LogP contribution in [0.25, 0.3) is 0 Å². The van der Waals surface area contributed by atoms with Crippen LogP contribution in [-0.2, 0) is 4.79 Å². The number of hydrogen-bond donors (Lipinski definition) is 0. The zero-order valence-corrected chi connectivity index (χ0v) is 5.71. The van der Waals surface area contributed by atoms with Crippen LogP contribution in [0.2, 0.25) is 0 Å². The quantitative estimate of drug-likeness (QED) is 0.318. The van der Waals surface area contributed by atoms with E-state index in [0.29, 0.717) is 0 Å². The molecule has 0 unspecified atom stereocenters. The summed E-state index contributed by atoms with van der Waals surface area (Å²) in [6, 6.07) is 0. The Morgan fingerprint density at radius 3 is 2.56 bits per heavy atom. The van der Waals surface area contributed by atoms with Crippen LogP contribution >= 0.6 is 0 Å². The fourth-order valence-electron chi connectivity index (χ4n) is 0.451. The predicted molar refractivity (Wildman–Crippen MR) is 39.3 cm³/mol. The van der Waals surface area contributed by atoms with Crippen molar-refractivity contribution < 1.29 is 4.79 Å². The summed E-state index contributed by atoms with van der Waals surface area (Å²) in [5.74, 6) is 0. The smallest absolute Gasteiger partial charge is 0.142 e. The Balaban J connectivity index is 3.23. The fraction of sp³-hybridized carbons (Fsp3) is 0.375. The van der Waals surface area contributed by atoms with Gasteiger partial charge in [-0.3, -0.25) is 4.79 Å². The van der Waals surface area contributed by atoms with Crippen molar-refractivity contribution in [2.45, 2.75) is 19.8 Å². The Hall–Kier alpha value is -0.850. The van der Waals surface area contributed by atoms with Gasteiger partial charge in [0.15, 0.2) is 0 Å². The summed E-state index contributed by atoms with van der Waals surface area (Å²) in [4.78, 5) is 9.72. The highest BCUT2D eigenvalue weighted by Gasteiger charge is 1.68. The van der Waals surface area contributed by atoms with Crippen molar-refractivity contribution in [3.05, 3.63) is 24.3 Å². The third-order valence-corrected chi connectivity index (χ3v) is 0.892. The van der Waals surface area contributed by atoms with E-state index in [4.69, 9.17) is 0 Å². The van der Waals surface area contributed by atoms with Crippen molar-refractivity contribution in [1.82, 2.24) is 0 Å². The molecule has 0 aliphatic rings. The van der Waals surface area contributed by atoms with Gasteiger partial charge in [0.1, 0.15) is 6.29 Å². The van der Waals surface area contributed by atoms with E-state index in [1.807, 2.05) is 12.2 Å². The first-order valence-electron chi connectivity index (χ1n) is 3.18. The van der Waals surface area contributed by atoms with Crippen LogP contribution in [0.5, 0.6) is 0 Å². The molecular weight excluding hydrogens is 112 g/mol. The summed E-state index contributed by atoms with van der Waals surface area (Å²) in [6.07, 6.45) is 10.2. The molecule has 0 saturated carbocycles. The number of carbonyl (C=O) groups is 1. The van der Waals surface area contributed by atoms with E-state index in [2.05, 4.69) is 6.92 Å². The summed E-state index contributed by atoms with van der Waals surface area (Å²) in [6.45, 7) is 2.12. The highest BCUT2D eigenvalue weighted by Crippen LogP contribution is 1.87. The Bertz CT molecular complexity index is 112. The van der Waals surface area contributed by atoms with Gasteiger partial charge in [-0.1, -0.05) is 31.6 Å². The lowest BCUT2D eigenvalue weighted by molar-refractivity contribution is -0.104. The number of allylic oxidation sites excluding steroid dienone is 4. The summed E-state index contributed by atoms with van der Waals surface area (Å²) in [7, 11) is 0. The lowest BCUT2D eigenvalue weighted by atomic mass is 10.3. The summed E-state index contributed by atoms with van der Waals surface area (Å²) < 4.78 is 0. The van der Waals surface area contributed by atoms with E-state index in [0.717, 1.165) is 19.1 Å². The van der Waals surface area contributed by atoms with Crippen LogP contribution in [0, 0.1) is 0 Å². The monoisotopic (exact) mass is 124 g/mol. The average Bonchev–Trinajstić information content (AvgIpc) is 1.89. The molecule has 0 aliphatic carbocycles. The predicted octanol–water partition coefficient (Wildman–Crippen LogP) is 2.10. The second kappa shape index (κ2) is 7.15. The molecule has 9 heavy (non-hydrogen) atoms. The molecule has 0 aromatic heterocycles. The van der Waals surface area contributed by atoms with Gasteiger partial charge in [0, 0.05) is 0 Å². The molecule has 0 aromatic rings. The standard InChI is InChI=1S/C8H12O/c1-2-3-4-5-6-7-8-9/h4-8H,2-3H2,1H3/b5-4?,7-6-. The Labute approximate surface area is 56.1 Å². The maximum Gasteiger partial charge on any atom is 0.142 e. The van der Waals surface area contributed by atoms with Crippen molar-refractivity contribution in [2.24, 2.45) is 0 Å². The van der Waals surface area contributed by atoms with Gasteiger partial charge in [-0.15, -0.1) is 0 Å². The lowest BCUT2D eigenvalue weighted by Crippen LogP contribution is -1.60. The first-order chi connectivity index (χ1) is 4.41. The number of unbranched alkanes of at least 4 members (excludes halogenated alkanes) is 1. The number of hydrogen-bond acceptors (Lipinski definition) is 1. The van der Waals surface area contributed by atoms with Gasteiger partial charge in [0.2, 0.25) is 0 Å². The van der Waals surface area contributed by atoms with Crippen LogP contribution in [0.1, 0.15) is 19.8 Å². The summed E-state index contributed by atoms with van der Waals surface area (Å²) in [5, 5.41) is 0. The van der Waals surface area contributed by atoms with E-state index in [-0.39, 0.29) is 0 Å². The van der Waals surface area contributed by atoms with E-state index >= 15 is 0 Å². The minimum atomic E-state index is 0.774. The van der Waals surface area contributed by atoms with Crippen molar-refractivity contribution in [3.8, 4) is 0 Å². The third kappa shape index (κ3) is 7.15. The van der Waals surface area contributed by atoms with Crippen LogP contribution in [0.3, 0.4) is 0 Å². The van der Waals surface area contributed by atoms with Gasteiger partial charge in [-0.25, -0.2) is 0 Å². The van der Waals surface area contributed by atoms with Gasteiger partial charge >= 0.3 is 0 Å². The minimum absolute atomic E-state index is 0.774. The van der Waals surface area contributed by atoms with Crippen molar-refractivity contribution in [1.29, 1.82) is 0 Å². The van der Waals surface area contributed by atoms with Crippen LogP contribution < -0.4 is 0 Å². The third-order valence-electron chi connectivity index (χ3n) is 0.892. The molecule has 0 fully saturated rings. The molecule has 1 heteroatoms.